The Balaban J connectivity index is 0.000000383. The quantitative estimate of drug-likeness (QED) is 0.346. The summed E-state index contributed by atoms with van der Waals surface area (Å²) in [5, 5.41) is 11.1. The number of hydrogen-bond donors (Lipinski definition) is 3. The fraction of sp³-hybridized carbons (Fsp3) is 0.333. The number of aliphatic carboxylic acids is 1. The summed E-state index contributed by atoms with van der Waals surface area (Å²) in [6, 6.07) is 12.2. The van der Waals surface area contributed by atoms with Crippen molar-refractivity contribution in [3.8, 4) is 0 Å². The number of anilines is 1. The molecule has 1 fully saturated rings. The predicted octanol–water partition coefficient (Wildman–Crippen LogP) is 5.79. The van der Waals surface area contributed by atoms with E-state index < -0.39 is 12.1 Å². The largest absolute Gasteiger partial charge is 0.490 e. The van der Waals surface area contributed by atoms with Gasteiger partial charge >= 0.3 is 12.1 Å². The highest BCUT2D eigenvalue weighted by Gasteiger charge is 2.38. The lowest BCUT2D eigenvalue weighted by Crippen LogP contribution is -2.37. The van der Waals surface area contributed by atoms with Gasteiger partial charge in [-0.05, 0) is 27.9 Å². The number of carboxylic acids is 1. The molecule has 0 unspecified atom stereocenters. The highest BCUT2D eigenvalue weighted by molar-refractivity contribution is 9.10. The topological polar surface area (TPSA) is 97.5 Å². The molecular formula is C21H20BrClF3N3O3S. The monoisotopic (exact) mass is 565 g/mol. The van der Waals surface area contributed by atoms with Crippen molar-refractivity contribution in [3.63, 3.8) is 0 Å². The summed E-state index contributed by atoms with van der Waals surface area (Å²) in [6.45, 7) is 2.07. The van der Waals surface area contributed by atoms with E-state index in [0.717, 1.165) is 39.9 Å². The lowest BCUT2D eigenvalue weighted by atomic mass is 9.94. The molecule has 3 heterocycles. The van der Waals surface area contributed by atoms with Crippen molar-refractivity contribution in [1.82, 2.24) is 4.98 Å². The number of benzene rings is 1. The SMILES string of the molecule is N[C@@H]1COCC[C@H]1c1sc2c(NCc3ccccc3)cc(Cl)nc2c1Br.O=C(O)C(F)(F)F. The molecule has 1 aliphatic rings. The number of carboxylic acid groups (broad SMARTS) is 1. The highest BCUT2D eigenvalue weighted by Crippen LogP contribution is 2.45. The van der Waals surface area contributed by atoms with Gasteiger partial charge < -0.3 is 20.9 Å². The molecule has 2 atom stereocenters. The van der Waals surface area contributed by atoms with E-state index in [0.29, 0.717) is 11.8 Å². The number of pyridine rings is 1. The van der Waals surface area contributed by atoms with E-state index in [1.165, 1.54) is 10.4 Å². The van der Waals surface area contributed by atoms with Crippen LogP contribution < -0.4 is 11.1 Å². The zero-order valence-electron chi connectivity index (χ0n) is 17.0. The zero-order chi connectivity index (χ0) is 24.2. The Morgan fingerprint density at radius 2 is 2.03 bits per heavy atom. The number of alkyl halides is 3. The number of rotatable bonds is 4. The van der Waals surface area contributed by atoms with Crippen LogP contribution in [0.1, 0.15) is 22.8 Å². The van der Waals surface area contributed by atoms with Crippen LogP contribution >= 0.6 is 38.9 Å². The Morgan fingerprint density at radius 3 is 2.64 bits per heavy atom. The van der Waals surface area contributed by atoms with Crippen LogP contribution in [0.25, 0.3) is 10.2 Å². The number of halogens is 5. The van der Waals surface area contributed by atoms with Crippen LogP contribution in [-0.4, -0.2) is 41.5 Å². The summed E-state index contributed by atoms with van der Waals surface area (Å²) < 4.78 is 39.3. The van der Waals surface area contributed by atoms with Gasteiger partial charge in [-0.3, -0.25) is 0 Å². The first-order valence-corrected chi connectivity index (χ1v) is 11.8. The Labute approximate surface area is 205 Å². The van der Waals surface area contributed by atoms with Gasteiger partial charge in [0, 0.05) is 36.1 Å². The lowest BCUT2D eigenvalue weighted by molar-refractivity contribution is -0.192. The van der Waals surface area contributed by atoms with E-state index in [1.807, 2.05) is 24.3 Å². The molecule has 0 spiro atoms. The molecule has 4 N–H and O–H groups in total. The van der Waals surface area contributed by atoms with Crippen LogP contribution in [0.2, 0.25) is 5.15 Å². The number of nitrogens with zero attached hydrogens (tertiary/aromatic N) is 1. The number of aromatic nitrogens is 1. The smallest absolute Gasteiger partial charge is 0.475 e. The Morgan fingerprint density at radius 1 is 1.36 bits per heavy atom. The molecule has 33 heavy (non-hydrogen) atoms. The van der Waals surface area contributed by atoms with Crippen LogP contribution in [0.15, 0.2) is 40.9 Å². The van der Waals surface area contributed by atoms with E-state index in [9.17, 15) is 13.2 Å². The second-order valence-corrected chi connectivity index (χ2v) is 9.46. The molecule has 0 saturated carbocycles. The molecule has 1 saturated heterocycles. The minimum atomic E-state index is -5.08. The molecule has 0 amide bonds. The molecule has 6 nitrogen and oxygen atoms in total. The van der Waals surface area contributed by atoms with Crippen LogP contribution in [0, 0.1) is 0 Å². The third kappa shape index (κ3) is 6.57. The van der Waals surface area contributed by atoms with Gasteiger partial charge in [0.25, 0.3) is 0 Å². The second-order valence-electron chi connectivity index (χ2n) is 7.23. The first kappa shape index (κ1) is 25.7. The lowest BCUT2D eigenvalue weighted by Gasteiger charge is -2.28. The molecule has 178 valence electrons. The average molecular weight is 567 g/mol. The number of thiophene rings is 1. The number of fused-ring (bicyclic) bond motifs is 1. The van der Waals surface area contributed by atoms with Crippen LogP contribution in [0.5, 0.6) is 0 Å². The van der Waals surface area contributed by atoms with Crippen molar-refractivity contribution in [2.75, 3.05) is 18.5 Å². The number of carbonyl (C=O) groups is 1. The number of hydrogen-bond acceptors (Lipinski definition) is 6. The van der Waals surface area contributed by atoms with E-state index >= 15 is 0 Å². The molecule has 3 aromatic rings. The molecule has 0 bridgehead atoms. The summed E-state index contributed by atoms with van der Waals surface area (Å²) in [6.07, 6.45) is -4.16. The van der Waals surface area contributed by atoms with Crippen molar-refractivity contribution in [1.29, 1.82) is 0 Å². The maximum absolute atomic E-state index is 10.6. The van der Waals surface area contributed by atoms with Gasteiger partial charge in [0.15, 0.2) is 0 Å². The van der Waals surface area contributed by atoms with E-state index in [1.54, 1.807) is 11.3 Å². The van der Waals surface area contributed by atoms with Gasteiger partial charge in [-0.2, -0.15) is 13.2 Å². The molecule has 2 aromatic heterocycles. The number of nitrogens with one attached hydrogen (secondary N) is 1. The molecule has 1 aromatic carbocycles. The molecule has 12 heteroatoms. The zero-order valence-corrected chi connectivity index (χ0v) is 20.2. The maximum atomic E-state index is 10.6. The van der Waals surface area contributed by atoms with Crippen molar-refractivity contribution in [3.05, 3.63) is 56.5 Å². The van der Waals surface area contributed by atoms with Gasteiger partial charge in [-0.15, -0.1) is 11.3 Å². The highest BCUT2D eigenvalue weighted by atomic mass is 79.9. The molecule has 0 aliphatic carbocycles. The van der Waals surface area contributed by atoms with Crippen molar-refractivity contribution in [2.45, 2.75) is 31.1 Å². The predicted molar refractivity (Wildman–Crippen MR) is 126 cm³/mol. The Hall–Kier alpha value is -1.92. The first-order chi connectivity index (χ1) is 15.6. The Bertz CT molecular complexity index is 1110. The molecule has 1 aliphatic heterocycles. The summed E-state index contributed by atoms with van der Waals surface area (Å²) in [7, 11) is 0. The normalized spacial score (nSPS) is 18.5. The fourth-order valence-corrected chi connectivity index (χ4v) is 5.76. The molecule has 0 radical (unpaired) electrons. The fourth-order valence-electron chi connectivity index (χ4n) is 3.27. The third-order valence-electron chi connectivity index (χ3n) is 4.88. The Kier molecular flexibility index (Phi) is 8.57. The standard InChI is InChI=1S/C19H19BrClN3OS.C2HF3O2/c20-16-17-19(26-18(16)12-6-7-25-10-13(12)22)14(8-15(21)24-17)23-9-11-4-2-1-3-5-11;3-2(4,5)1(6)7/h1-5,8,12-13H,6-7,9-10,22H2,(H,23,24);(H,6,7)/t12-,13-;/m1./s1. The first-order valence-electron chi connectivity index (χ1n) is 9.77. The van der Waals surface area contributed by atoms with Crippen LogP contribution in [0.3, 0.4) is 0 Å². The number of nitrogens with two attached hydrogens (primary N) is 1. The average Bonchev–Trinajstić information content (AvgIpc) is 3.09. The van der Waals surface area contributed by atoms with Gasteiger partial charge in [0.1, 0.15) is 5.15 Å². The minimum Gasteiger partial charge on any atom is -0.475 e. The third-order valence-corrected chi connectivity index (χ3v) is 7.49. The molecule has 4 rings (SSSR count). The van der Waals surface area contributed by atoms with Crippen LogP contribution in [0.4, 0.5) is 18.9 Å². The van der Waals surface area contributed by atoms with Crippen molar-refractivity contribution in [2.24, 2.45) is 5.73 Å². The summed E-state index contributed by atoms with van der Waals surface area (Å²) in [5.74, 6) is -2.48. The molecular weight excluding hydrogens is 547 g/mol. The van der Waals surface area contributed by atoms with Gasteiger partial charge in [0.2, 0.25) is 0 Å². The van der Waals surface area contributed by atoms with Crippen molar-refractivity contribution >= 4 is 60.7 Å². The van der Waals surface area contributed by atoms with Crippen LogP contribution in [-0.2, 0) is 16.1 Å². The minimum absolute atomic E-state index is 0.00399. The van der Waals surface area contributed by atoms with Gasteiger partial charge in [-0.25, -0.2) is 9.78 Å². The van der Waals surface area contributed by atoms with Gasteiger partial charge in [0.05, 0.1) is 27.0 Å². The summed E-state index contributed by atoms with van der Waals surface area (Å²) in [4.78, 5) is 14.7. The summed E-state index contributed by atoms with van der Waals surface area (Å²) in [5.41, 5.74) is 9.42. The summed E-state index contributed by atoms with van der Waals surface area (Å²) >= 11 is 11.8. The van der Waals surface area contributed by atoms with Gasteiger partial charge in [-0.1, -0.05) is 41.9 Å². The van der Waals surface area contributed by atoms with Crippen molar-refractivity contribution < 1.29 is 27.8 Å². The van der Waals surface area contributed by atoms with E-state index in [4.69, 9.17) is 32.0 Å². The second kappa shape index (κ2) is 11.0. The maximum Gasteiger partial charge on any atom is 0.490 e. The number of ether oxygens (including phenoxy) is 1. The van der Waals surface area contributed by atoms with E-state index in [-0.39, 0.29) is 12.0 Å². The van der Waals surface area contributed by atoms with E-state index in [2.05, 4.69) is 38.4 Å².